The van der Waals surface area contributed by atoms with Gasteiger partial charge in [0, 0.05) is 10.9 Å². The molecule has 0 spiro atoms. The SMILES string of the molecule is CC1CN=C(N(C(=O)Nc2ccccc2)c2ccc(O)cc2)S1. The van der Waals surface area contributed by atoms with Crippen LogP contribution in [0.1, 0.15) is 6.92 Å². The van der Waals surface area contributed by atoms with E-state index >= 15 is 0 Å². The van der Waals surface area contributed by atoms with E-state index in [1.165, 1.54) is 0 Å². The fraction of sp³-hybridized carbons (Fsp3) is 0.176. The number of carbonyl (C=O) groups is 1. The molecule has 1 atom stereocenters. The molecule has 5 nitrogen and oxygen atoms in total. The quantitative estimate of drug-likeness (QED) is 0.878. The zero-order chi connectivity index (χ0) is 16.2. The molecule has 0 bridgehead atoms. The summed E-state index contributed by atoms with van der Waals surface area (Å²) in [5, 5.41) is 13.3. The molecule has 0 aliphatic carbocycles. The minimum Gasteiger partial charge on any atom is -0.508 e. The highest BCUT2D eigenvalue weighted by Gasteiger charge is 2.27. The molecule has 1 unspecified atom stereocenters. The van der Waals surface area contributed by atoms with Gasteiger partial charge in [-0.05, 0) is 36.4 Å². The zero-order valence-electron chi connectivity index (χ0n) is 12.6. The number of nitrogens with zero attached hydrogens (tertiary/aromatic N) is 2. The Hall–Kier alpha value is -2.47. The Kier molecular flexibility index (Phi) is 4.52. The van der Waals surface area contributed by atoms with Crippen molar-refractivity contribution in [3.8, 4) is 5.75 Å². The predicted molar refractivity (Wildman–Crippen MR) is 95.4 cm³/mol. The molecule has 2 N–H and O–H groups in total. The molecule has 0 saturated carbocycles. The van der Waals surface area contributed by atoms with Crippen molar-refractivity contribution >= 4 is 34.3 Å². The molecule has 2 amide bonds. The highest BCUT2D eigenvalue weighted by Crippen LogP contribution is 2.28. The minimum absolute atomic E-state index is 0.159. The van der Waals surface area contributed by atoms with Crippen LogP contribution in [0.4, 0.5) is 16.2 Å². The summed E-state index contributed by atoms with van der Waals surface area (Å²) in [7, 11) is 0. The van der Waals surface area contributed by atoms with Gasteiger partial charge in [-0.1, -0.05) is 36.9 Å². The van der Waals surface area contributed by atoms with Crippen molar-refractivity contribution < 1.29 is 9.90 Å². The van der Waals surface area contributed by atoms with Gasteiger partial charge in [0.05, 0.1) is 12.2 Å². The van der Waals surface area contributed by atoms with E-state index in [1.54, 1.807) is 40.9 Å². The molecule has 0 saturated heterocycles. The van der Waals surface area contributed by atoms with Crippen LogP contribution >= 0.6 is 11.8 Å². The fourth-order valence-electron chi connectivity index (χ4n) is 2.20. The van der Waals surface area contributed by atoms with Crippen molar-refractivity contribution in [3.63, 3.8) is 0 Å². The first-order valence-electron chi connectivity index (χ1n) is 7.30. The molecule has 1 heterocycles. The van der Waals surface area contributed by atoms with Crippen molar-refractivity contribution in [1.29, 1.82) is 0 Å². The molecule has 23 heavy (non-hydrogen) atoms. The van der Waals surface area contributed by atoms with Crippen LogP contribution in [0.15, 0.2) is 59.6 Å². The number of phenols is 1. The number of hydrogen-bond donors (Lipinski definition) is 2. The number of aliphatic imine (C=N–C) groups is 1. The van der Waals surface area contributed by atoms with E-state index in [1.807, 2.05) is 30.3 Å². The first kappa shape index (κ1) is 15.4. The van der Waals surface area contributed by atoms with E-state index in [0.717, 1.165) is 5.69 Å². The number of amidine groups is 1. The van der Waals surface area contributed by atoms with Crippen LogP contribution in [0.25, 0.3) is 0 Å². The highest BCUT2D eigenvalue weighted by molar-refractivity contribution is 8.15. The lowest BCUT2D eigenvalue weighted by Gasteiger charge is -2.22. The number of para-hydroxylation sites is 1. The molecule has 0 fully saturated rings. The molecule has 2 aromatic rings. The number of anilines is 2. The van der Waals surface area contributed by atoms with Gasteiger partial charge >= 0.3 is 6.03 Å². The van der Waals surface area contributed by atoms with Gasteiger partial charge < -0.3 is 10.4 Å². The maximum atomic E-state index is 12.7. The van der Waals surface area contributed by atoms with Crippen molar-refractivity contribution in [3.05, 3.63) is 54.6 Å². The van der Waals surface area contributed by atoms with E-state index in [0.29, 0.717) is 22.6 Å². The van der Waals surface area contributed by atoms with E-state index in [9.17, 15) is 9.90 Å². The van der Waals surface area contributed by atoms with Gasteiger partial charge in [0.15, 0.2) is 5.17 Å². The van der Waals surface area contributed by atoms with Gasteiger partial charge in [-0.15, -0.1) is 0 Å². The Morgan fingerprint density at radius 3 is 2.52 bits per heavy atom. The number of carbonyl (C=O) groups excluding carboxylic acids is 1. The molecule has 118 valence electrons. The molecule has 0 aromatic heterocycles. The van der Waals surface area contributed by atoms with Gasteiger partial charge in [-0.2, -0.15) is 0 Å². The van der Waals surface area contributed by atoms with Crippen molar-refractivity contribution in [2.75, 3.05) is 16.8 Å². The molecule has 0 radical (unpaired) electrons. The van der Waals surface area contributed by atoms with E-state index in [4.69, 9.17) is 0 Å². The Balaban J connectivity index is 1.88. The number of amides is 2. The monoisotopic (exact) mass is 327 g/mol. The highest BCUT2D eigenvalue weighted by atomic mass is 32.2. The number of nitrogens with one attached hydrogen (secondary N) is 1. The van der Waals surface area contributed by atoms with Crippen LogP contribution in [0.2, 0.25) is 0 Å². The van der Waals surface area contributed by atoms with Gasteiger partial charge in [0.25, 0.3) is 0 Å². The number of phenolic OH excluding ortho intramolecular Hbond substituents is 1. The summed E-state index contributed by atoms with van der Waals surface area (Å²) in [6.45, 7) is 2.76. The maximum Gasteiger partial charge on any atom is 0.332 e. The first-order chi connectivity index (χ1) is 11.1. The van der Waals surface area contributed by atoms with E-state index in [2.05, 4.69) is 17.2 Å². The maximum absolute atomic E-state index is 12.7. The summed E-state index contributed by atoms with van der Waals surface area (Å²) >= 11 is 1.56. The summed E-state index contributed by atoms with van der Waals surface area (Å²) in [6.07, 6.45) is 0. The number of thioether (sulfide) groups is 1. The molecular weight excluding hydrogens is 310 g/mol. The Bertz CT molecular complexity index is 716. The summed E-state index contributed by atoms with van der Waals surface area (Å²) in [5.41, 5.74) is 1.38. The summed E-state index contributed by atoms with van der Waals surface area (Å²) in [4.78, 5) is 18.8. The molecular formula is C17H17N3O2S. The Labute approximate surface area is 139 Å². The van der Waals surface area contributed by atoms with Crippen LogP contribution in [0.3, 0.4) is 0 Å². The van der Waals surface area contributed by atoms with E-state index in [-0.39, 0.29) is 11.8 Å². The largest absolute Gasteiger partial charge is 0.508 e. The number of hydrogen-bond acceptors (Lipinski definition) is 4. The Morgan fingerprint density at radius 1 is 1.22 bits per heavy atom. The standard InChI is InChI=1S/C17H17N3O2S/c1-12-11-18-17(23-12)20(14-7-9-15(21)10-8-14)16(22)19-13-5-3-2-4-6-13/h2-10,12,21H,11H2,1H3,(H,19,22). The molecule has 1 aliphatic rings. The molecule has 6 heteroatoms. The van der Waals surface area contributed by atoms with Gasteiger partial charge in [-0.25, -0.2) is 9.69 Å². The van der Waals surface area contributed by atoms with Crippen molar-refractivity contribution in [1.82, 2.24) is 0 Å². The molecule has 3 rings (SSSR count). The second-order valence-electron chi connectivity index (χ2n) is 5.20. The number of benzene rings is 2. The lowest BCUT2D eigenvalue weighted by molar-refractivity contribution is 0.259. The third kappa shape index (κ3) is 3.65. The first-order valence-corrected chi connectivity index (χ1v) is 8.18. The summed E-state index contributed by atoms with van der Waals surface area (Å²) in [5.74, 6) is 0.159. The second-order valence-corrected chi connectivity index (χ2v) is 6.61. The smallest absolute Gasteiger partial charge is 0.332 e. The van der Waals surface area contributed by atoms with Crippen molar-refractivity contribution in [2.45, 2.75) is 12.2 Å². The second kappa shape index (κ2) is 6.75. The lowest BCUT2D eigenvalue weighted by atomic mass is 10.3. The average molecular weight is 327 g/mol. The Morgan fingerprint density at radius 2 is 1.91 bits per heavy atom. The predicted octanol–water partition coefficient (Wildman–Crippen LogP) is 3.92. The third-order valence-electron chi connectivity index (χ3n) is 3.32. The normalized spacial score (nSPS) is 16.7. The van der Waals surface area contributed by atoms with Crippen molar-refractivity contribution in [2.24, 2.45) is 4.99 Å². The van der Waals surface area contributed by atoms with Gasteiger partial charge in [-0.3, -0.25) is 4.99 Å². The lowest BCUT2D eigenvalue weighted by Crippen LogP contribution is -2.38. The number of rotatable bonds is 2. The van der Waals surface area contributed by atoms with Crippen LogP contribution in [-0.4, -0.2) is 28.1 Å². The molecule has 2 aromatic carbocycles. The van der Waals surface area contributed by atoms with Gasteiger partial charge in [0.2, 0.25) is 0 Å². The minimum atomic E-state index is -0.276. The number of urea groups is 1. The summed E-state index contributed by atoms with van der Waals surface area (Å²) in [6, 6.07) is 15.5. The summed E-state index contributed by atoms with van der Waals surface area (Å²) < 4.78 is 0. The van der Waals surface area contributed by atoms with E-state index < -0.39 is 0 Å². The van der Waals surface area contributed by atoms with Crippen LogP contribution in [0.5, 0.6) is 5.75 Å². The number of aromatic hydroxyl groups is 1. The third-order valence-corrected chi connectivity index (χ3v) is 4.39. The van der Waals surface area contributed by atoms with Crippen LogP contribution in [-0.2, 0) is 0 Å². The van der Waals surface area contributed by atoms with Gasteiger partial charge in [0.1, 0.15) is 5.75 Å². The van der Waals surface area contributed by atoms with Crippen LogP contribution < -0.4 is 10.2 Å². The molecule has 1 aliphatic heterocycles. The van der Waals surface area contributed by atoms with Crippen LogP contribution in [0, 0.1) is 0 Å². The topological polar surface area (TPSA) is 64.9 Å². The fourth-order valence-corrected chi connectivity index (χ4v) is 3.15. The average Bonchev–Trinajstić information content (AvgIpc) is 2.96. The zero-order valence-corrected chi connectivity index (χ0v) is 13.5.